The van der Waals surface area contributed by atoms with E-state index in [0.29, 0.717) is 13.1 Å². The molecule has 1 saturated heterocycles. The number of carbonyl (C=O) groups is 1. The van der Waals surface area contributed by atoms with E-state index in [0.717, 1.165) is 19.6 Å². The van der Waals surface area contributed by atoms with Crippen molar-refractivity contribution in [3.05, 3.63) is 82.2 Å². The Morgan fingerprint density at radius 1 is 1.03 bits per heavy atom. The molecule has 1 N–H and O–H groups in total. The van der Waals surface area contributed by atoms with E-state index in [1.165, 1.54) is 36.2 Å². The van der Waals surface area contributed by atoms with Gasteiger partial charge in [0.1, 0.15) is 18.7 Å². The SMILES string of the molecule is O=C(OCCO)c1ccc(Oc2ncnc(N3CCN(Cc4ccccc4)CC3)c2[N+](=O)[O-])cc1. The van der Waals surface area contributed by atoms with Gasteiger partial charge in [0.15, 0.2) is 0 Å². The van der Waals surface area contributed by atoms with Gasteiger partial charge in [-0.1, -0.05) is 30.3 Å². The molecule has 0 amide bonds. The van der Waals surface area contributed by atoms with E-state index >= 15 is 0 Å². The average Bonchev–Trinajstić information content (AvgIpc) is 2.88. The van der Waals surface area contributed by atoms with Crippen molar-refractivity contribution in [2.45, 2.75) is 6.54 Å². The first-order chi connectivity index (χ1) is 17.0. The van der Waals surface area contributed by atoms with E-state index in [2.05, 4.69) is 27.0 Å². The summed E-state index contributed by atoms with van der Waals surface area (Å²) < 4.78 is 10.6. The van der Waals surface area contributed by atoms with Gasteiger partial charge in [0.25, 0.3) is 0 Å². The second-order valence-electron chi connectivity index (χ2n) is 7.84. The summed E-state index contributed by atoms with van der Waals surface area (Å²) in [6.45, 7) is 3.07. The van der Waals surface area contributed by atoms with Crippen molar-refractivity contribution >= 4 is 17.5 Å². The summed E-state index contributed by atoms with van der Waals surface area (Å²) in [6, 6.07) is 16.1. The molecule has 3 aromatic rings. The lowest BCUT2D eigenvalue weighted by atomic mass is 10.2. The maximum absolute atomic E-state index is 12.0. The maximum atomic E-state index is 12.0. The summed E-state index contributed by atoms with van der Waals surface area (Å²) in [5.74, 6) is -0.290. The maximum Gasteiger partial charge on any atom is 0.373 e. The van der Waals surface area contributed by atoms with Crippen LogP contribution in [-0.4, -0.2) is 70.3 Å². The van der Waals surface area contributed by atoms with Gasteiger partial charge in [-0.2, -0.15) is 4.98 Å². The molecule has 1 fully saturated rings. The fourth-order valence-corrected chi connectivity index (χ4v) is 3.77. The van der Waals surface area contributed by atoms with Crippen molar-refractivity contribution in [1.29, 1.82) is 0 Å². The second-order valence-corrected chi connectivity index (χ2v) is 7.84. The number of aliphatic hydroxyl groups excluding tert-OH is 1. The van der Waals surface area contributed by atoms with Crippen LogP contribution in [-0.2, 0) is 11.3 Å². The number of benzene rings is 2. The quantitative estimate of drug-likeness (QED) is 0.278. The number of nitrogens with zero attached hydrogens (tertiary/aromatic N) is 5. The summed E-state index contributed by atoms with van der Waals surface area (Å²) >= 11 is 0. The predicted molar refractivity (Wildman–Crippen MR) is 127 cm³/mol. The molecule has 11 nitrogen and oxygen atoms in total. The van der Waals surface area contributed by atoms with Crippen LogP contribution in [0.25, 0.3) is 0 Å². The normalized spacial score (nSPS) is 13.9. The van der Waals surface area contributed by atoms with Crippen molar-refractivity contribution < 1.29 is 24.3 Å². The highest BCUT2D eigenvalue weighted by Gasteiger charge is 2.30. The molecule has 0 spiro atoms. The zero-order valence-electron chi connectivity index (χ0n) is 18.9. The topological polar surface area (TPSA) is 131 Å². The van der Waals surface area contributed by atoms with Gasteiger partial charge >= 0.3 is 17.5 Å². The molecule has 0 unspecified atom stereocenters. The number of anilines is 1. The van der Waals surface area contributed by atoms with Crippen LogP contribution in [0.2, 0.25) is 0 Å². The number of esters is 1. The number of nitro groups is 1. The van der Waals surface area contributed by atoms with E-state index in [1.807, 2.05) is 23.1 Å². The highest BCUT2D eigenvalue weighted by Crippen LogP contribution is 2.36. The van der Waals surface area contributed by atoms with Gasteiger partial charge in [0.2, 0.25) is 5.82 Å². The Kier molecular flexibility index (Phi) is 7.81. The summed E-state index contributed by atoms with van der Waals surface area (Å²) in [7, 11) is 0. The third-order valence-electron chi connectivity index (χ3n) is 5.50. The number of piperazine rings is 1. The van der Waals surface area contributed by atoms with Gasteiger partial charge < -0.3 is 19.5 Å². The van der Waals surface area contributed by atoms with Crippen LogP contribution in [0.3, 0.4) is 0 Å². The molecule has 11 heteroatoms. The first-order valence-electron chi connectivity index (χ1n) is 11.1. The van der Waals surface area contributed by atoms with E-state index in [-0.39, 0.29) is 41.9 Å². The molecule has 1 aliphatic heterocycles. The molecular weight excluding hydrogens is 454 g/mol. The summed E-state index contributed by atoms with van der Waals surface area (Å²) in [5.41, 5.74) is 1.17. The minimum atomic E-state index is -0.590. The fraction of sp³-hybridized carbons (Fsp3) is 0.292. The van der Waals surface area contributed by atoms with Gasteiger partial charge in [0.05, 0.1) is 17.1 Å². The molecule has 0 radical (unpaired) electrons. The Bertz CT molecular complexity index is 1150. The van der Waals surface area contributed by atoms with Gasteiger partial charge in [-0.3, -0.25) is 15.0 Å². The second kappa shape index (κ2) is 11.4. The van der Waals surface area contributed by atoms with Crippen molar-refractivity contribution in [3.8, 4) is 11.6 Å². The van der Waals surface area contributed by atoms with Crippen LogP contribution in [0.15, 0.2) is 60.9 Å². The van der Waals surface area contributed by atoms with E-state index in [4.69, 9.17) is 14.6 Å². The Balaban J connectivity index is 1.45. The van der Waals surface area contributed by atoms with Gasteiger partial charge in [-0.15, -0.1) is 0 Å². The lowest BCUT2D eigenvalue weighted by Crippen LogP contribution is -2.46. The molecule has 2 aromatic carbocycles. The van der Waals surface area contributed by atoms with Crippen LogP contribution in [0.1, 0.15) is 15.9 Å². The largest absolute Gasteiger partial charge is 0.460 e. The fourth-order valence-electron chi connectivity index (χ4n) is 3.77. The number of ether oxygens (including phenoxy) is 2. The zero-order chi connectivity index (χ0) is 24.6. The standard InChI is InChI=1S/C24H25N5O6/c30-14-15-34-24(31)19-6-8-20(9-7-19)35-23-21(29(32)33)22(25-17-26-23)28-12-10-27(11-13-28)16-18-4-2-1-3-5-18/h1-9,17,30H,10-16H2. The molecule has 0 bridgehead atoms. The van der Waals surface area contributed by atoms with Crippen molar-refractivity contribution in [3.63, 3.8) is 0 Å². The van der Waals surface area contributed by atoms with Crippen LogP contribution < -0.4 is 9.64 Å². The van der Waals surface area contributed by atoms with Crippen LogP contribution >= 0.6 is 0 Å². The minimum absolute atomic E-state index is 0.104. The molecule has 35 heavy (non-hydrogen) atoms. The highest BCUT2D eigenvalue weighted by atomic mass is 16.6. The molecule has 182 valence electrons. The van der Waals surface area contributed by atoms with Gasteiger partial charge in [-0.25, -0.2) is 9.78 Å². The number of aliphatic hydroxyl groups is 1. The third kappa shape index (κ3) is 6.08. The summed E-state index contributed by atoms with van der Waals surface area (Å²) in [6.07, 6.45) is 1.24. The number of carbonyl (C=O) groups excluding carboxylic acids is 1. The molecule has 1 aliphatic rings. The van der Waals surface area contributed by atoms with Crippen LogP contribution in [0.5, 0.6) is 11.6 Å². The molecule has 4 rings (SSSR count). The Hall–Kier alpha value is -4.09. The Labute approximate surface area is 201 Å². The minimum Gasteiger partial charge on any atom is -0.460 e. The van der Waals surface area contributed by atoms with E-state index in [1.54, 1.807) is 0 Å². The van der Waals surface area contributed by atoms with Gasteiger partial charge in [-0.05, 0) is 29.8 Å². The van der Waals surface area contributed by atoms with Crippen molar-refractivity contribution in [2.75, 3.05) is 44.3 Å². The Morgan fingerprint density at radius 2 is 1.74 bits per heavy atom. The zero-order valence-corrected chi connectivity index (χ0v) is 18.9. The molecule has 0 saturated carbocycles. The predicted octanol–water partition coefficient (Wildman–Crippen LogP) is 2.65. The van der Waals surface area contributed by atoms with E-state index in [9.17, 15) is 14.9 Å². The van der Waals surface area contributed by atoms with Crippen LogP contribution in [0.4, 0.5) is 11.5 Å². The third-order valence-corrected chi connectivity index (χ3v) is 5.50. The van der Waals surface area contributed by atoms with Crippen LogP contribution in [0, 0.1) is 10.1 Å². The first kappa shape index (κ1) is 24.0. The van der Waals surface area contributed by atoms with E-state index < -0.39 is 10.9 Å². The molecule has 0 atom stereocenters. The average molecular weight is 479 g/mol. The number of rotatable bonds is 9. The molecule has 1 aromatic heterocycles. The van der Waals surface area contributed by atoms with Gasteiger partial charge in [0, 0.05) is 32.7 Å². The monoisotopic (exact) mass is 479 g/mol. The number of hydrogen-bond donors (Lipinski definition) is 1. The summed E-state index contributed by atoms with van der Waals surface area (Å²) in [4.78, 5) is 35.6. The lowest BCUT2D eigenvalue weighted by molar-refractivity contribution is -0.385. The molecule has 0 aliphatic carbocycles. The lowest BCUT2D eigenvalue weighted by Gasteiger charge is -2.35. The first-order valence-corrected chi connectivity index (χ1v) is 11.1. The van der Waals surface area contributed by atoms with Crippen molar-refractivity contribution in [2.24, 2.45) is 0 Å². The molecular formula is C24H25N5O6. The number of aromatic nitrogens is 2. The van der Waals surface area contributed by atoms with Crippen molar-refractivity contribution in [1.82, 2.24) is 14.9 Å². The summed E-state index contributed by atoms with van der Waals surface area (Å²) in [5, 5.41) is 20.7. The number of hydrogen-bond acceptors (Lipinski definition) is 10. The molecule has 2 heterocycles. The smallest absolute Gasteiger partial charge is 0.373 e. The Morgan fingerprint density at radius 3 is 2.40 bits per heavy atom. The highest BCUT2D eigenvalue weighted by molar-refractivity contribution is 5.89.